The summed E-state index contributed by atoms with van der Waals surface area (Å²) < 4.78 is 11.4. The maximum absolute atomic E-state index is 5.71. The van der Waals surface area contributed by atoms with Gasteiger partial charge in [0.25, 0.3) is 0 Å². The van der Waals surface area contributed by atoms with Crippen LogP contribution in [-0.4, -0.2) is 25.7 Å². The molecule has 1 aromatic rings. The van der Waals surface area contributed by atoms with Gasteiger partial charge in [0.1, 0.15) is 12.5 Å². The molecule has 0 radical (unpaired) electrons. The third-order valence-electron chi connectivity index (χ3n) is 2.75. The van der Waals surface area contributed by atoms with Crippen LogP contribution in [0.3, 0.4) is 0 Å². The van der Waals surface area contributed by atoms with Crippen molar-refractivity contribution in [2.24, 2.45) is 0 Å². The molecule has 0 aliphatic heterocycles. The molecule has 0 saturated carbocycles. The van der Waals surface area contributed by atoms with Crippen LogP contribution in [0.2, 0.25) is 0 Å². The SMILES string of the molecule is C=CCOC(C)N(c1ccccc1)C(C)OCC=C. The van der Waals surface area contributed by atoms with E-state index in [1.165, 1.54) is 0 Å². The Morgan fingerprint density at radius 1 is 1.00 bits per heavy atom. The Balaban J connectivity index is 2.83. The van der Waals surface area contributed by atoms with E-state index in [-0.39, 0.29) is 12.5 Å². The molecule has 0 spiro atoms. The Bertz CT molecular complexity index is 360. The fourth-order valence-corrected chi connectivity index (χ4v) is 1.89. The third-order valence-corrected chi connectivity index (χ3v) is 2.75. The van der Waals surface area contributed by atoms with Crippen LogP contribution in [0.4, 0.5) is 5.69 Å². The van der Waals surface area contributed by atoms with Gasteiger partial charge in [0.15, 0.2) is 0 Å². The van der Waals surface area contributed by atoms with E-state index in [1.54, 1.807) is 12.2 Å². The third kappa shape index (κ3) is 4.89. The highest BCUT2D eigenvalue weighted by molar-refractivity contribution is 5.46. The Morgan fingerprint density at radius 3 is 1.89 bits per heavy atom. The van der Waals surface area contributed by atoms with Crippen LogP contribution in [-0.2, 0) is 9.47 Å². The number of benzene rings is 1. The first-order valence-corrected chi connectivity index (χ1v) is 6.49. The molecule has 0 aliphatic carbocycles. The summed E-state index contributed by atoms with van der Waals surface area (Å²) in [5.41, 5.74) is 1.07. The zero-order valence-electron chi connectivity index (χ0n) is 11.8. The van der Waals surface area contributed by atoms with Crippen molar-refractivity contribution in [3.63, 3.8) is 0 Å². The number of para-hydroxylation sites is 1. The molecule has 104 valence electrons. The topological polar surface area (TPSA) is 21.7 Å². The maximum Gasteiger partial charge on any atom is 0.129 e. The molecule has 2 atom stereocenters. The minimum atomic E-state index is -0.0970. The standard InChI is InChI=1S/C16H23NO2/c1-5-12-18-14(3)17(15(4)19-13-6-2)16-10-8-7-9-11-16/h5-11,14-15H,1-2,12-13H2,3-4H3. The zero-order chi connectivity index (χ0) is 14.1. The molecule has 3 heteroatoms. The number of rotatable bonds is 9. The van der Waals surface area contributed by atoms with Gasteiger partial charge in [0.2, 0.25) is 0 Å². The van der Waals surface area contributed by atoms with Crippen LogP contribution < -0.4 is 4.90 Å². The molecular weight excluding hydrogens is 238 g/mol. The lowest BCUT2D eigenvalue weighted by Crippen LogP contribution is -2.43. The molecule has 1 rings (SSSR count). The summed E-state index contributed by atoms with van der Waals surface area (Å²) in [5.74, 6) is 0. The number of anilines is 1. The molecule has 0 fully saturated rings. The Kier molecular flexibility index (Phi) is 6.93. The van der Waals surface area contributed by atoms with E-state index in [0.29, 0.717) is 13.2 Å². The summed E-state index contributed by atoms with van der Waals surface area (Å²) in [6, 6.07) is 10.1. The first kappa shape index (κ1) is 15.5. The highest BCUT2D eigenvalue weighted by atomic mass is 16.5. The van der Waals surface area contributed by atoms with Gasteiger partial charge in [-0.1, -0.05) is 30.4 Å². The van der Waals surface area contributed by atoms with Crippen molar-refractivity contribution < 1.29 is 9.47 Å². The lowest BCUT2D eigenvalue weighted by atomic mass is 10.2. The van der Waals surface area contributed by atoms with Gasteiger partial charge in [-0.05, 0) is 26.0 Å². The molecule has 0 bridgehead atoms. The molecule has 19 heavy (non-hydrogen) atoms. The van der Waals surface area contributed by atoms with Gasteiger partial charge in [-0.2, -0.15) is 0 Å². The van der Waals surface area contributed by atoms with Crippen LogP contribution in [0.25, 0.3) is 0 Å². The molecule has 0 heterocycles. The van der Waals surface area contributed by atoms with Crippen molar-refractivity contribution in [1.82, 2.24) is 0 Å². The van der Waals surface area contributed by atoms with Crippen LogP contribution in [0.1, 0.15) is 13.8 Å². The van der Waals surface area contributed by atoms with E-state index >= 15 is 0 Å². The van der Waals surface area contributed by atoms with Gasteiger partial charge in [-0.3, -0.25) is 0 Å². The summed E-state index contributed by atoms with van der Waals surface area (Å²) >= 11 is 0. The predicted octanol–water partition coefficient (Wildman–Crippen LogP) is 3.59. The largest absolute Gasteiger partial charge is 0.355 e. The van der Waals surface area contributed by atoms with Gasteiger partial charge < -0.3 is 14.4 Å². The second-order valence-electron chi connectivity index (χ2n) is 4.19. The van der Waals surface area contributed by atoms with Crippen LogP contribution >= 0.6 is 0 Å². The molecule has 0 amide bonds. The highest BCUT2D eigenvalue weighted by Crippen LogP contribution is 2.21. The van der Waals surface area contributed by atoms with Crippen molar-refractivity contribution in [1.29, 1.82) is 0 Å². The minimum Gasteiger partial charge on any atom is -0.355 e. The predicted molar refractivity (Wildman–Crippen MR) is 80.1 cm³/mol. The van der Waals surface area contributed by atoms with Crippen molar-refractivity contribution >= 4 is 5.69 Å². The van der Waals surface area contributed by atoms with E-state index in [2.05, 4.69) is 18.1 Å². The van der Waals surface area contributed by atoms with E-state index < -0.39 is 0 Å². The molecule has 0 aliphatic rings. The summed E-state index contributed by atoms with van der Waals surface area (Å²) in [4.78, 5) is 2.09. The van der Waals surface area contributed by atoms with Gasteiger partial charge in [0, 0.05) is 5.69 Å². The first-order chi connectivity index (χ1) is 9.20. The van der Waals surface area contributed by atoms with Crippen LogP contribution in [0.5, 0.6) is 0 Å². The van der Waals surface area contributed by atoms with Crippen molar-refractivity contribution in [2.45, 2.75) is 26.3 Å². The quantitative estimate of drug-likeness (QED) is 0.501. The van der Waals surface area contributed by atoms with Crippen molar-refractivity contribution in [3.8, 4) is 0 Å². The molecule has 0 N–H and O–H groups in total. The van der Waals surface area contributed by atoms with Gasteiger partial charge in [0.05, 0.1) is 13.2 Å². The zero-order valence-corrected chi connectivity index (χ0v) is 11.8. The fraction of sp³-hybridized carbons (Fsp3) is 0.375. The minimum absolute atomic E-state index is 0.0970. The van der Waals surface area contributed by atoms with E-state index in [0.717, 1.165) is 5.69 Å². The lowest BCUT2D eigenvalue weighted by Gasteiger charge is -2.35. The summed E-state index contributed by atoms with van der Waals surface area (Å²) in [6.07, 6.45) is 3.30. The fourth-order valence-electron chi connectivity index (χ4n) is 1.89. The van der Waals surface area contributed by atoms with Gasteiger partial charge >= 0.3 is 0 Å². The normalized spacial score (nSPS) is 13.6. The van der Waals surface area contributed by atoms with Crippen molar-refractivity contribution in [2.75, 3.05) is 18.1 Å². The molecule has 2 unspecified atom stereocenters. The monoisotopic (exact) mass is 261 g/mol. The van der Waals surface area contributed by atoms with Crippen LogP contribution in [0, 0.1) is 0 Å². The smallest absolute Gasteiger partial charge is 0.129 e. The second-order valence-corrected chi connectivity index (χ2v) is 4.19. The Hall–Kier alpha value is -1.58. The molecule has 3 nitrogen and oxygen atoms in total. The molecule has 0 saturated heterocycles. The average Bonchev–Trinajstić information content (AvgIpc) is 2.44. The molecule has 0 aromatic heterocycles. The molecular formula is C16H23NO2. The van der Waals surface area contributed by atoms with E-state index in [9.17, 15) is 0 Å². The first-order valence-electron chi connectivity index (χ1n) is 6.49. The number of ether oxygens (including phenoxy) is 2. The van der Waals surface area contributed by atoms with E-state index in [1.807, 2.05) is 44.2 Å². The van der Waals surface area contributed by atoms with Crippen molar-refractivity contribution in [3.05, 3.63) is 55.6 Å². The average molecular weight is 261 g/mol. The van der Waals surface area contributed by atoms with Gasteiger partial charge in [-0.15, -0.1) is 13.2 Å². The lowest BCUT2D eigenvalue weighted by molar-refractivity contribution is 0.0180. The second kappa shape index (κ2) is 8.51. The summed E-state index contributed by atoms with van der Waals surface area (Å²) in [6.45, 7) is 12.4. The summed E-state index contributed by atoms with van der Waals surface area (Å²) in [5, 5.41) is 0. The summed E-state index contributed by atoms with van der Waals surface area (Å²) in [7, 11) is 0. The van der Waals surface area contributed by atoms with E-state index in [4.69, 9.17) is 9.47 Å². The number of nitrogens with zero attached hydrogens (tertiary/aromatic N) is 1. The number of hydrogen-bond acceptors (Lipinski definition) is 3. The molecule has 1 aromatic carbocycles. The Labute approximate surface area is 116 Å². The highest BCUT2D eigenvalue weighted by Gasteiger charge is 2.21. The maximum atomic E-state index is 5.71. The number of hydrogen-bond donors (Lipinski definition) is 0. The van der Waals surface area contributed by atoms with Crippen LogP contribution in [0.15, 0.2) is 55.6 Å². The van der Waals surface area contributed by atoms with Gasteiger partial charge in [-0.25, -0.2) is 0 Å². The Morgan fingerprint density at radius 2 is 1.47 bits per heavy atom.